The molecule has 1 amide bonds. The van der Waals surface area contributed by atoms with Gasteiger partial charge in [-0.2, -0.15) is 0 Å². The summed E-state index contributed by atoms with van der Waals surface area (Å²) < 4.78 is 37.3. The van der Waals surface area contributed by atoms with Gasteiger partial charge in [0, 0.05) is 19.7 Å². The van der Waals surface area contributed by atoms with Crippen LogP contribution in [0.3, 0.4) is 0 Å². The van der Waals surface area contributed by atoms with Gasteiger partial charge in [-0.3, -0.25) is 9.78 Å². The molecule has 1 heterocycles. The zero-order valence-electron chi connectivity index (χ0n) is 15.8. The van der Waals surface area contributed by atoms with Crippen molar-refractivity contribution in [3.8, 4) is 5.75 Å². The first-order chi connectivity index (χ1) is 14.1. The normalized spacial score (nSPS) is 10.6. The van der Waals surface area contributed by atoms with Crippen molar-refractivity contribution >= 4 is 11.6 Å². The molecule has 0 aliphatic heterocycles. The topological polar surface area (TPSA) is 60.5 Å². The van der Waals surface area contributed by atoms with Crippen LogP contribution in [0.15, 0.2) is 60.9 Å². The van der Waals surface area contributed by atoms with Gasteiger partial charge >= 0.3 is 0 Å². The summed E-state index contributed by atoms with van der Waals surface area (Å²) in [5.41, 5.74) is 2.31. The first-order valence-electron chi connectivity index (χ1n) is 8.97. The smallest absolute Gasteiger partial charge is 0.259 e. The summed E-state index contributed by atoms with van der Waals surface area (Å²) >= 11 is 0. The SMILES string of the molecule is COCc1ccc(OCCc2ccc(F)c(F)c2)c(C(=O)Nc2cccnc2)c1. The second-order valence-electron chi connectivity index (χ2n) is 6.31. The lowest BCUT2D eigenvalue weighted by molar-refractivity contribution is 0.102. The molecule has 1 aromatic heterocycles. The monoisotopic (exact) mass is 398 g/mol. The van der Waals surface area contributed by atoms with E-state index in [1.165, 1.54) is 6.07 Å². The van der Waals surface area contributed by atoms with Crippen molar-refractivity contribution in [2.45, 2.75) is 13.0 Å². The summed E-state index contributed by atoms with van der Waals surface area (Å²) in [5.74, 6) is -1.76. The molecule has 2 aromatic carbocycles. The van der Waals surface area contributed by atoms with Crippen LogP contribution in [-0.2, 0) is 17.8 Å². The summed E-state index contributed by atoms with van der Waals surface area (Å²) in [6.45, 7) is 0.546. The Morgan fingerprint density at radius 3 is 2.62 bits per heavy atom. The fraction of sp³-hybridized carbons (Fsp3) is 0.182. The number of rotatable bonds is 8. The number of hydrogen-bond donors (Lipinski definition) is 1. The highest BCUT2D eigenvalue weighted by molar-refractivity contribution is 6.06. The number of amides is 1. The van der Waals surface area contributed by atoms with Crippen molar-refractivity contribution in [3.05, 3.63) is 89.2 Å². The Bertz CT molecular complexity index is 981. The molecule has 3 rings (SSSR count). The third-order valence-electron chi connectivity index (χ3n) is 4.15. The van der Waals surface area contributed by atoms with Crippen molar-refractivity contribution in [2.24, 2.45) is 0 Å². The average molecular weight is 398 g/mol. The van der Waals surface area contributed by atoms with E-state index in [0.717, 1.165) is 17.7 Å². The number of carbonyl (C=O) groups is 1. The van der Waals surface area contributed by atoms with E-state index in [0.29, 0.717) is 35.6 Å². The molecule has 5 nitrogen and oxygen atoms in total. The number of ether oxygens (including phenoxy) is 2. The lowest BCUT2D eigenvalue weighted by Gasteiger charge is -2.13. The third-order valence-corrected chi connectivity index (χ3v) is 4.15. The summed E-state index contributed by atoms with van der Waals surface area (Å²) in [6.07, 6.45) is 3.52. The molecular formula is C22H20F2N2O3. The van der Waals surface area contributed by atoms with E-state index in [2.05, 4.69) is 10.3 Å². The van der Waals surface area contributed by atoms with Gasteiger partial charge in [0.2, 0.25) is 0 Å². The molecule has 0 saturated heterocycles. The minimum Gasteiger partial charge on any atom is -0.492 e. The lowest BCUT2D eigenvalue weighted by Crippen LogP contribution is -2.15. The Labute approximate surface area is 167 Å². The number of hydrogen-bond acceptors (Lipinski definition) is 4. The maximum absolute atomic E-state index is 13.3. The molecule has 0 radical (unpaired) electrons. The van der Waals surface area contributed by atoms with E-state index in [1.807, 2.05) is 0 Å². The van der Waals surface area contributed by atoms with Crippen molar-refractivity contribution in [2.75, 3.05) is 19.0 Å². The van der Waals surface area contributed by atoms with Gasteiger partial charge in [0.25, 0.3) is 5.91 Å². The number of benzene rings is 2. The summed E-state index contributed by atoms with van der Waals surface area (Å²) in [5, 5.41) is 2.78. The van der Waals surface area contributed by atoms with Crippen molar-refractivity contribution < 1.29 is 23.0 Å². The molecule has 0 bridgehead atoms. The van der Waals surface area contributed by atoms with Crippen LogP contribution in [0.1, 0.15) is 21.5 Å². The molecule has 1 N–H and O–H groups in total. The van der Waals surface area contributed by atoms with Gasteiger partial charge in [-0.25, -0.2) is 8.78 Å². The molecule has 0 fully saturated rings. The van der Waals surface area contributed by atoms with Crippen molar-refractivity contribution in [1.29, 1.82) is 0 Å². The summed E-state index contributed by atoms with van der Waals surface area (Å²) in [6, 6.07) is 12.4. The molecule has 150 valence electrons. The Kier molecular flexibility index (Phi) is 6.86. The Balaban J connectivity index is 1.74. The molecule has 0 saturated carbocycles. The Morgan fingerprint density at radius 2 is 1.90 bits per heavy atom. The van der Waals surface area contributed by atoms with Gasteiger partial charge < -0.3 is 14.8 Å². The predicted molar refractivity (Wildman–Crippen MR) is 105 cm³/mol. The first-order valence-corrected chi connectivity index (χ1v) is 8.97. The number of pyridine rings is 1. The first kappa shape index (κ1) is 20.4. The number of halogens is 2. The molecule has 0 spiro atoms. The zero-order chi connectivity index (χ0) is 20.6. The van der Waals surface area contributed by atoms with E-state index in [-0.39, 0.29) is 12.5 Å². The van der Waals surface area contributed by atoms with E-state index >= 15 is 0 Å². The molecule has 3 aromatic rings. The van der Waals surface area contributed by atoms with Crippen molar-refractivity contribution in [3.63, 3.8) is 0 Å². The predicted octanol–water partition coefficient (Wildman–Crippen LogP) is 4.38. The van der Waals surface area contributed by atoms with Crippen LogP contribution < -0.4 is 10.1 Å². The van der Waals surface area contributed by atoms with Crippen molar-refractivity contribution in [1.82, 2.24) is 4.98 Å². The van der Waals surface area contributed by atoms with Crippen LogP contribution in [0.4, 0.5) is 14.5 Å². The maximum atomic E-state index is 13.3. The van der Waals surface area contributed by atoms with E-state index < -0.39 is 11.6 Å². The third kappa shape index (κ3) is 5.58. The fourth-order valence-corrected chi connectivity index (χ4v) is 2.75. The molecule has 7 heteroatoms. The summed E-state index contributed by atoms with van der Waals surface area (Å²) in [7, 11) is 1.57. The number of aromatic nitrogens is 1. The van der Waals surface area contributed by atoms with Crippen LogP contribution >= 0.6 is 0 Å². The van der Waals surface area contributed by atoms with Crippen LogP contribution in [-0.4, -0.2) is 24.6 Å². The van der Waals surface area contributed by atoms with Gasteiger partial charge in [-0.15, -0.1) is 0 Å². The number of anilines is 1. The van der Waals surface area contributed by atoms with E-state index in [4.69, 9.17) is 9.47 Å². The van der Waals surface area contributed by atoms with Gasteiger partial charge in [0.05, 0.1) is 30.7 Å². The van der Waals surface area contributed by atoms with Crippen LogP contribution in [0, 0.1) is 11.6 Å². The standard InChI is InChI=1S/C22H20F2N2O3/c1-28-14-16-5-7-21(29-10-8-15-4-6-19(23)20(24)12-15)18(11-16)22(27)26-17-3-2-9-25-13-17/h2-7,9,11-13H,8,10,14H2,1H3,(H,26,27). The van der Waals surface area contributed by atoms with Crippen LogP contribution in [0.2, 0.25) is 0 Å². The second-order valence-corrected chi connectivity index (χ2v) is 6.31. The van der Waals surface area contributed by atoms with E-state index in [9.17, 15) is 13.6 Å². The molecule has 0 aliphatic rings. The largest absolute Gasteiger partial charge is 0.492 e. The number of nitrogens with zero attached hydrogens (tertiary/aromatic N) is 1. The van der Waals surface area contributed by atoms with Gasteiger partial charge in [0.1, 0.15) is 5.75 Å². The van der Waals surface area contributed by atoms with Gasteiger partial charge in [0.15, 0.2) is 11.6 Å². The highest BCUT2D eigenvalue weighted by Gasteiger charge is 2.15. The van der Waals surface area contributed by atoms with Gasteiger partial charge in [-0.1, -0.05) is 12.1 Å². The lowest BCUT2D eigenvalue weighted by atomic mass is 10.1. The number of carbonyl (C=O) groups excluding carboxylic acids is 1. The van der Waals surface area contributed by atoms with Crippen LogP contribution in [0.25, 0.3) is 0 Å². The fourth-order valence-electron chi connectivity index (χ4n) is 2.75. The molecular weight excluding hydrogens is 378 g/mol. The quantitative estimate of drug-likeness (QED) is 0.612. The molecule has 0 unspecified atom stereocenters. The Morgan fingerprint density at radius 1 is 1.07 bits per heavy atom. The van der Waals surface area contributed by atoms with E-state index in [1.54, 1.807) is 49.8 Å². The number of methoxy groups -OCH3 is 1. The Hall–Kier alpha value is -3.32. The highest BCUT2D eigenvalue weighted by Crippen LogP contribution is 2.23. The molecule has 29 heavy (non-hydrogen) atoms. The zero-order valence-corrected chi connectivity index (χ0v) is 15.8. The summed E-state index contributed by atoms with van der Waals surface area (Å²) in [4.78, 5) is 16.7. The number of nitrogens with one attached hydrogen (secondary N) is 1. The molecule has 0 aliphatic carbocycles. The average Bonchev–Trinajstić information content (AvgIpc) is 2.72. The molecule has 0 atom stereocenters. The minimum absolute atomic E-state index is 0.196. The van der Waals surface area contributed by atoms with Gasteiger partial charge in [-0.05, 0) is 47.5 Å². The highest BCUT2D eigenvalue weighted by atomic mass is 19.2. The maximum Gasteiger partial charge on any atom is 0.259 e. The second kappa shape index (κ2) is 9.75. The van der Waals surface area contributed by atoms with Crippen LogP contribution in [0.5, 0.6) is 5.75 Å². The minimum atomic E-state index is -0.900.